The number of aryl methyl sites for hydroxylation is 1. The Morgan fingerprint density at radius 1 is 1.56 bits per heavy atom. The van der Waals surface area contributed by atoms with Crippen LogP contribution in [0.4, 0.5) is 5.13 Å². The van der Waals surface area contributed by atoms with Gasteiger partial charge in [-0.3, -0.25) is 0 Å². The van der Waals surface area contributed by atoms with Gasteiger partial charge in [0, 0.05) is 18.5 Å². The number of hydrogen-bond acceptors (Lipinski definition) is 5. The minimum Gasteiger partial charge on any atom is -0.477 e. The molecule has 0 radical (unpaired) electrons. The summed E-state index contributed by atoms with van der Waals surface area (Å²) in [6.07, 6.45) is 0.954. The van der Waals surface area contributed by atoms with Crippen molar-refractivity contribution in [3.05, 3.63) is 33.0 Å². The lowest BCUT2D eigenvalue weighted by Gasteiger charge is -2.14. The number of rotatable bonds is 5. The first kappa shape index (κ1) is 13.0. The molecular formula is C12H14N2O2S2. The van der Waals surface area contributed by atoms with Crippen molar-refractivity contribution in [3.63, 3.8) is 0 Å². The van der Waals surface area contributed by atoms with Crippen molar-refractivity contribution in [1.29, 1.82) is 0 Å². The van der Waals surface area contributed by atoms with Gasteiger partial charge >= 0.3 is 5.97 Å². The second-order valence-corrected chi connectivity index (χ2v) is 5.98. The van der Waals surface area contributed by atoms with E-state index in [1.165, 1.54) is 16.2 Å². The molecule has 0 amide bonds. The van der Waals surface area contributed by atoms with Crippen LogP contribution in [-0.4, -0.2) is 29.7 Å². The van der Waals surface area contributed by atoms with E-state index >= 15 is 0 Å². The fourth-order valence-electron chi connectivity index (χ4n) is 1.57. The molecule has 0 unspecified atom stereocenters. The summed E-state index contributed by atoms with van der Waals surface area (Å²) in [6.45, 7) is 2.57. The molecule has 0 saturated carbocycles. The second-order valence-electron chi connectivity index (χ2n) is 3.97. The van der Waals surface area contributed by atoms with Gasteiger partial charge in [0.05, 0.1) is 5.69 Å². The highest BCUT2D eigenvalue weighted by Crippen LogP contribution is 2.25. The highest BCUT2D eigenvalue weighted by Gasteiger charge is 2.16. The van der Waals surface area contributed by atoms with E-state index in [9.17, 15) is 4.79 Å². The Morgan fingerprint density at radius 3 is 2.89 bits per heavy atom. The summed E-state index contributed by atoms with van der Waals surface area (Å²) >= 11 is 2.97. The van der Waals surface area contributed by atoms with Gasteiger partial charge in [-0.05, 0) is 24.8 Å². The molecule has 0 aliphatic rings. The number of thiophene rings is 1. The zero-order valence-electron chi connectivity index (χ0n) is 10.2. The molecule has 2 aromatic rings. The molecule has 0 saturated heterocycles. The molecule has 2 rings (SSSR count). The smallest absolute Gasteiger partial charge is 0.347 e. The van der Waals surface area contributed by atoms with Crippen molar-refractivity contribution in [2.45, 2.75) is 13.3 Å². The lowest BCUT2D eigenvalue weighted by Crippen LogP contribution is -2.19. The molecule has 18 heavy (non-hydrogen) atoms. The van der Waals surface area contributed by atoms with Crippen LogP contribution in [-0.2, 0) is 6.42 Å². The van der Waals surface area contributed by atoms with E-state index in [2.05, 4.69) is 16.4 Å². The monoisotopic (exact) mass is 282 g/mol. The number of carboxylic acid groups (broad SMARTS) is 1. The number of nitrogens with zero attached hydrogens (tertiary/aromatic N) is 2. The number of carboxylic acids is 1. The van der Waals surface area contributed by atoms with E-state index in [4.69, 9.17) is 5.11 Å². The van der Waals surface area contributed by atoms with Crippen LogP contribution in [0.15, 0.2) is 17.5 Å². The fourth-order valence-corrected chi connectivity index (χ4v) is 3.16. The van der Waals surface area contributed by atoms with Crippen LogP contribution in [0.2, 0.25) is 0 Å². The van der Waals surface area contributed by atoms with Crippen molar-refractivity contribution in [1.82, 2.24) is 4.98 Å². The normalized spacial score (nSPS) is 10.6. The minimum absolute atomic E-state index is 0.327. The van der Waals surface area contributed by atoms with Crippen LogP contribution in [0, 0.1) is 6.92 Å². The summed E-state index contributed by atoms with van der Waals surface area (Å²) in [7, 11) is 1.94. The zero-order chi connectivity index (χ0) is 13.1. The van der Waals surface area contributed by atoms with Gasteiger partial charge in [0.1, 0.15) is 4.88 Å². The lowest BCUT2D eigenvalue weighted by molar-refractivity contribution is 0.0701. The molecule has 0 fully saturated rings. The topological polar surface area (TPSA) is 53.4 Å². The van der Waals surface area contributed by atoms with Gasteiger partial charge in [-0.2, -0.15) is 0 Å². The van der Waals surface area contributed by atoms with Gasteiger partial charge in [-0.15, -0.1) is 11.3 Å². The molecular weight excluding hydrogens is 268 g/mol. The maximum absolute atomic E-state index is 11.0. The molecule has 2 heterocycles. The summed E-state index contributed by atoms with van der Waals surface area (Å²) in [4.78, 5) is 18.9. The molecule has 2 aromatic heterocycles. The number of carbonyl (C=O) groups is 1. The van der Waals surface area contributed by atoms with Crippen LogP contribution in [0.25, 0.3) is 0 Å². The molecule has 0 bridgehead atoms. The van der Waals surface area contributed by atoms with Gasteiger partial charge in [0.15, 0.2) is 5.13 Å². The number of anilines is 1. The number of aromatic nitrogens is 1. The number of aromatic carboxylic acids is 1. The van der Waals surface area contributed by atoms with Gasteiger partial charge < -0.3 is 10.0 Å². The molecule has 6 heteroatoms. The first-order valence-corrected chi connectivity index (χ1v) is 7.22. The predicted octanol–water partition coefficient (Wildman–Crippen LogP) is 2.89. The summed E-state index contributed by atoms with van der Waals surface area (Å²) < 4.78 is 0. The molecule has 0 atom stereocenters. The highest BCUT2D eigenvalue weighted by molar-refractivity contribution is 7.17. The van der Waals surface area contributed by atoms with E-state index in [1.807, 2.05) is 18.0 Å². The van der Waals surface area contributed by atoms with Crippen molar-refractivity contribution in [3.8, 4) is 0 Å². The minimum atomic E-state index is -0.900. The standard InChI is InChI=1S/C12H14N2O2S2/c1-8-10(11(15)16)18-12(13-8)14(2)6-5-9-4-3-7-17-9/h3-4,7H,5-6H2,1-2H3,(H,15,16). The van der Waals surface area contributed by atoms with Gasteiger partial charge in [-0.1, -0.05) is 17.4 Å². The second kappa shape index (κ2) is 5.49. The van der Waals surface area contributed by atoms with Crippen molar-refractivity contribution in [2.24, 2.45) is 0 Å². The summed E-state index contributed by atoms with van der Waals surface area (Å²) in [6, 6.07) is 4.14. The molecule has 4 nitrogen and oxygen atoms in total. The Labute approximate surface area is 114 Å². The third kappa shape index (κ3) is 2.88. The lowest BCUT2D eigenvalue weighted by atomic mass is 10.3. The van der Waals surface area contributed by atoms with Crippen LogP contribution in [0.1, 0.15) is 20.2 Å². The summed E-state index contributed by atoms with van der Waals surface area (Å²) in [5.41, 5.74) is 0.588. The Kier molecular flexibility index (Phi) is 3.98. The molecule has 0 aliphatic carbocycles. The molecule has 0 aliphatic heterocycles. The fraction of sp³-hybridized carbons (Fsp3) is 0.333. The van der Waals surface area contributed by atoms with E-state index in [0.717, 1.165) is 18.1 Å². The van der Waals surface area contributed by atoms with Crippen LogP contribution >= 0.6 is 22.7 Å². The summed E-state index contributed by atoms with van der Waals surface area (Å²) in [5, 5.41) is 11.8. The van der Waals surface area contributed by atoms with Gasteiger partial charge in [0.25, 0.3) is 0 Å². The summed E-state index contributed by atoms with van der Waals surface area (Å²) in [5.74, 6) is -0.900. The highest BCUT2D eigenvalue weighted by atomic mass is 32.1. The SMILES string of the molecule is Cc1nc(N(C)CCc2cccs2)sc1C(=O)O. The quantitative estimate of drug-likeness (QED) is 0.916. The van der Waals surface area contributed by atoms with Gasteiger partial charge in [-0.25, -0.2) is 9.78 Å². The largest absolute Gasteiger partial charge is 0.477 e. The Hall–Kier alpha value is -1.40. The van der Waals surface area contributed by atoms with Gasteiger partial charge in [0.2, 0.25) is 0 Å². The third-order valence-corrected chi connectivity index (χ3v) is 4.78. The first-order valence-electron chi connectivity index (χ1n) is 5.52. The van der Waals surface area contributed by atoms with E-state index in [-0.39, 0.29) is 0 Å². The molecule has 96 valence electrons. The number of thiazole rings is 1. The van der Waals surface area contributed by atoms with Crippen LogP contribution in [0.3, 0.4) is 0 Å². The Morgan fingerprint density at radius 2 is 2.33 bits per heavy atom. The number of hydrogen-bond donors (Lipinski definition) is 1. The van der Waals surface area contributed by atoms with Crippen molar-refractivity contribution < 1.29 is 9.90 Å². The average Bonchev–Trinajstić information content (AvgIpc) is 2.94. The van der Waals surface area contributed by atoms with Crippen LogP contribution < -0.4 is 4.90 Å². The van der Waals surface area contributed by atoms with Crippen molar-refractivity contribution in [2.75, 3.05) is 18.5 Å². The molecule has 0 aromatic carbocycles. The maximum atomic E-state index is 11.0. The molecule has 1 N–H and O–H groups in total. The first-order chi connectivity index (χ1) is 8.58. The Balaban J connectivity index is 2.02. The predicted molar refractivity (Wildman–Crippen MR) is 75.1 cm³/mol. The van der Waals surface area contributed by atoms with E-state index in [0.29, 0.717) is 10.6 Å². The van der Waals surface area contributed by atoms with Crippen LogP contribution in [0.5, 0.6) is 0 Å². The third-order valence-electron chi connectivity index (χ3n) is 2.58. The zero-order valence-corrected chi connectivity index (χ0v) is 11.8. The Bertz CT molecular complexity index is 534. The maximum Gasteiger partial charge on any atom is 0.347 e. The van der Waals surface area contributed by atoms with E-state index < -0.39 is 5.97 Å². The number of likely N-dealkylation sites (N-methyl/N-ethyl adjacent to an activating group) is 1. The average molecular weight is 282 g/mol. The van der Waals surface area contributed by atoms with Crippen molar-refractivity contribution >= 4 is 33.8 Å². The molecule has 0 spiro atoms. The van der Waals surface area contributed by atoms with E-state index in [1.54, 1.807) is 18.3 Å².